The number of ether oxygens (including phenoxy) is 1. The van der Waals surface area contributed by atoms with Gasteiger partial charge in [0.25, 0.3) is 0 Å². The smallest absolute Gasteiger partial charge is 0.128 e. The molecule has 108 valence electrons. The molecule has 0 saturated carbocycles. The Morgan fingerprint density at radius 2 is 2.25 bits per heavy atom. The van der Waals surface area contributed by atoms with Crippen LogP contribution in [0.5, 0.6) is 0 Å². The second kappa shape index (κ2) is 7.16. The molecule has 0 fully saturated rings. The third-order valence-corrected chi connectivity index (χ3v) is 4.29. The highest BCUT2D eigenvalue weighted by Gasteiger charge is 2.10. The molecule has 0 radical (unpaired) electrons. The highest BCUT2D eigenvalue weighted by molar-refractivity contribution is 7.13. The first-order chi connectivity index (χ1) is 9.63. The van der Waals surface area contributed by atoms with Crippen LogP contribution in [0.25, 0.3) is 10.6 Å². The summed E-state index contributed by atoms with van der Waals surface area (Å²) in [5, 5.41) is 2.77. The number of aromatic nitrogens is 1. The molecule has 0 spiro atoms. The zero-order valence-electron chi connectivity index (χ0n) is 11.5. The Morgan fingerprint density at radius 3 is 2.90 bits per heavy atom. The lowest BCUT2D eigenvalue weighted by molar-refractivity contribution is 0.0492. The molecule has 0 amide bonds. The van der Waals surface area contributed by atoms with Crippen molar-refractivity contribution in [3.63, 3.8) is 0 Å². The zero-order valence-corrected chi connectivity index (χ0v) is 13.1. The minimum absolute atomic E-state index is 0.126. The molecule has 1 aromatic heterocycles. The zero-order chi connectivity index (χ0) is 14.5. The van der Waals surface area contributed by atoms with E-state index in [4.69, 9.17) is 16.3 Å². The topological polar surface area (TPSA) is 22.1 Å². The second-order valence-electron chi connectivity index (χ2n) is 4.61. The van der Waals surface area contributed by atoms with E-state index < -0.39 is 0 Å². The van der Waals surface area contributed by atoms with Crippen molar-refractivity contribution in [3.05, 3.63) is 40.7 Å². The van der Waals surface area contributed by atoms with Gasteiger partial charge in [-0.25, -0.2) is 9.37 Å². The van der Waals surface area contributed by atoms with Gasteiger partial charge in [-0.15, -0.1) is 22.9 Å². The molecular weight excluding hydrogens is 297 g/mol. The van der Waals surface area contributed by atoms with Crippen molar-refractivity contribution < 1.29 is 9.13 Å². The first-order valence-corrected chi connectivity index (χ1v) is 7.96. The number of hydrogen-bond donors (Lipinski definition) is 0. The SMILES string of the molecule is CCC(C)OCc1cc(-c2nc(CCl)cs2)ccc1F. The Morgan fingerprint density at radius 1 is 1.45 bits per heavy atom. The van der Waals surface area contributed by atoms with E-state index >= 15 is 0 Å². The lowest BCUT2D eigenvalue weighted by Gasteiger charge is -2.11. The predicted octanol–water partition coefficient (Wildman–Crippen LogP) is 5.00. The minimum atomic E-state index is -0.244. The Balaban J connectivity index is 2.19. The normalized spacial score (nSPS) is 12.6. The molecule has 5 heteroatoms. The standard InChI is InChI=1S/C15H17ClFNOS/c1-3-10(2)19-8-12-6-11(4-5-14(12)17)15-18-13(7-16)9-20-15/h4-6,9-10H,3,7-8H2,1-2H3. The van der Waals surface area contributed by atoms with E-state index in [1.54, 1.807) is 12.1 Å². The summed E-state index contributed by atoms with van der Waals surface area (Å²) in [6, 6.07) is 5.00. The molecule has 1 atom stereocenters. The van der Waals surface area contributed by atoms with E-state index in [-0.39, 0.29) is 18.5 Å². The van der Waals surface area contributed by atoms with Crippen molar-refractivity contribution >= 4 is 22.9 Å². The summed E-state index contributed by atoms with van der Waals surface area (Å²) in [6.45, 7) is 4.30. The summed E-state index contributed by atoms with van der Waals surface area (Å²) < 4.78 is 19.4. The number of hydrogen-bond acceptors (Lipinski definition) is 3. The molecule has 0 bridgehead atoms. The van der Waals surface area contributed by atoms with E-state index in [0.29, 0.717) is 11.4 Å². The number of benzene rings is 1. The lowest BCUT2D eigenvalue weighted by atomic mass is 10.1. The summed E-state index contributed by atoms with van der Waals surface area (Å²) in [6.07, 6.45) is 1.04. The molecule has 0 aliphatic heterocycles. The second-order valence-corrected chi connectivity index (χ2v) is 5.74. The van der Waals surface area contributed by atoms with Crippen LogP contribution in [0, 0.1) is 5.82 Å². The summed E-state index contributed by atoms with van der Waals surface area (Å²) in [5.41, 5.74) is 2.30. The van der Waals surface area contributed by atoms with Gasteiger partial charge in [-0.2, -0.15) is 0 Å². The Bertz CT molecular complexity index is 573. The van der Waals surface area contributed by atoms with E-state index in [9.17, 15) is 4.39 Å². The maximum atomic E-state index is 13.8. The lowest BCUT2D eigenvalue weighted by Crippen LogP contribution is -2.07. The van der Waals surface area contributed by atoms with Crippen LogP contribution in [0.15, 0.2) is 23.6 Å². The maximum absolute atomic E-state index is 13.8. The molecule has 2 nitrogen and oxygen atoms in total. The van der Waals surface area contributed by atoms with E-state index in [1.807, 2.05) is 19.2 Å². The molecule has 1 unspecified atom stereocenters. The van der Waals surface area contributed by atoms with Crippen LogP contribution in [0.4, 0.5) is 4.39 Å². The maximum Gasteiger partial charge on any atom is 0.128 e. The van der Waals surface area contributed by atoms with E-state index in [1.165, 1.54) is 17.4 Å². The fourth-order valence-corrected chi connectivity index (χ4v) is 2.71. The van der Waals surface area contributed by atoms with Crippen LogP contribution < -0.4 is 0 Å². The summed E-state index contributed by atoms with van der Waals surface area (Å²) in [4.78, 5) is 4.40. The molecule has 1 heterocycles. The van der Waals surface area contributed by atoms with Gasteiger partial charge in [0.2, 0.25) is 0 Å². The van der Waals surface area contributed by atoms with Gasteiger partial charge < -0.3 is 4.74 Å². The molecule has 1 aromatic carbocycles. The van der Waals surface area contributed by atoms with Crippen LogP contribution in [0.2, 0.25) is 0 Å². The highest BCUT2D eigenvalue weighted by Crippen LogP contribution is 2.26. The van der Waals surface area contributed by atoms with Crippen LogP contribution in [-0.4, -0.2) is 11.1 Å². The van der Waals surface area contributed by atoms with Crippen LogP contribution >= 0.6 is 22.9 Å². The van der Waals surface area contributed by atoms with Crippen LogP contribution in [0.3, 0.4) is 0 Å². The Labute approximate surface area is 127 Å². The first-order valence-electron chi connectivity index (χ1n) is 6.54. The number of nitrogens with zero attached hydrogens (tertiary/aromatic N) is 1. The largest absolute Gasteiger partial charge is 0.374 e. The highest BCUT2D eigenvalue weighted by atomic mass is 35.5. The number of halogens is 2. The fraction of sp³-hybridized carbons (Fsp3) is 0.400. The van der Waals surface area contributed by atoms with Crippen LogP contribution in [-0.2, 0) is 17.2 Å². The van der Waals surface area contributed by atoms with Crippen molar-refractivity contribution in [2.45, 2.75) is 38.9 Å². The van der Waals surface area contributed by atoms with Gasteiger partial charge in [0.15, 0.2) is 0 Å². The summed E-state index contributed by atoms with van der Waals surface area (Å²) >= 11 is 7.26. The quantitative estimate of drug-likeness (QED) is 0.700. The molecule has 2 aromatic rings. The van der Waals surface area contributed by atoms with Crippen molar-refractivity contribution in [1.29, 1.82) is 0 Å². The number of rotatable bonds is 6. The third kappa shape index (κ3) is 3.78. The van der Waals surface area contributed by atoms with Gasteiger partial charge in [0.1, 0.15) is 10.8 Å². The molecule has 20 heavy (non-hydrogen) atoms. The predicted molar refractivity (Wildman–Crippen MR) is 81.6 cm³/mol. The van der Waals surface area contributed by atoms with Gasteiger partial charge in [-0.05, 0) is 31.5 Å². The van der Waals surface area contributed by atoms with Crippen LogP contribution in [0.1, 0.15) is 31.5 Å². The molecule has 2 rings (SSSR count). The van der Waals surface area contributed by atoms with Crippen molar-refractivity contribution in [2.24, 2.45) is 0 Å². The van der Waals surface area contributed by atoms with Gasteiger partial charge >= 0.3 is 0 Å². The average Bonchev–Trinajstić information content (AvgIpc) is 2.95. The number of thiazole rings is 1. The molecule has 0 N–H and O–H groups in total. The van der Waals surface area contributed by atoms with Crippen molar-refractivity contribution in [3.8, 4) is 10.6 Å². The van der Waals surface area contributed by atoms with Gasteiger partial charge in [0, 0.05) is 16.5 Å². The number of alkyl halides is 1. The van der Waals surface area contributed by atoms with Gasteiger partial charge in [0.05, 0.1) is 24.3 Å². The molecule has 0 saturated heterocycles. The summed E-state index contributed by atoms with van der Waals surface area (Å²) in [5.74, 6) is 0.146. The monoisotopic (exact) mass is 313 g/mol. The molecule has 0 aliphatic rings. The summed E-state index contributed by atoms with van der Waals surface area (Å²) in [7, 11) is 0. The third-order valence-electron chi connectivity index (χ3n) is 3.08. The molecule has 0 aliphatic carbocycles. The fourth-order valence-electron chi connectivity index (χ4n) is 1.67. The van der Waals surface area contributed by atoms with Gasteiger partial charge in [-0.1, -0.05) is 6.92 Å². The minimum Gasteiger partial charge on any atom is -0.374 e. The first kappa shape index (κ1) is 15.4. The van der Waals surface area contributed by atoms with E-state index in [2.05, 4.69) is 4.98 Å². The average molecular weight is 314 g/mol. The van der Waals surface area contributed by atoms with Crippen molar-refractivity contribution in [2.75, 3.05) is 0 Å². The van der Waals surface area contributed by atoms with Gasteiger partial charge in [-0.3, -0.25) is 0 Å². The Hall–Kier alpha value is -0.970. The molecular formula is C15H17ClFNOS. The van der Waals surface area contributed by atoms with E-state index in [0.717, 1.165) is 22.7 Å². The van der Waals surface area contributed by atoms with Crippen molar-refractivity contribution in [1.82, 2.24) is 4.98 Å². The Kier molecular flexibility index (Phi) is 5.52.